The normalized spacial score (nSPS) is 17.4. The van der Waals surface area contributed by atoms with Gasteiger partial charge >= 0.3 is 0 Å². The lowest BCUT2D eigenvalue weighted by Gasteiger charge is -2.33. The summed E-state index contributed by atoms with van der Waals surface area (Å²) >= 11 is 0. The van der Waals surface area contributed by atoms with Crippen molar-refractivity contribution >= 4 is 11.8 Å². The van der Waals surface area contributed by atoms with E-state index in [9.17, 15) is 14.0 Å². The molecule has 1 heterocycles. The van der Waals surface area contributed by atoms with Crippen molar-refractivity contribution in [1.82, 2.24) is 10.2 Å². The summed E-state index contributed by atoms with van der Waals surface area (Å²) in [6.45, 7) is 2.79. The lowest BCUT2D eigenvalue weighted by Crippen LogP contribution is -2.49. The van der Waals surface area contributed by atoms with Gasteiger partial charge in [-0.2, -0.15) is 0 Å². The van der Waals surface area contributed by atoms with E-state index in [0.29, 0.717) is 13.1 Å². The highest BCUT2D eigenvalue weighted by molar-refractivity contribution is 5.93. The van der Waals surface area contributed by atoms with Crippen molar-refractivity contribution < 1.29 is 14.0 Å². The zero-order valence-electron chi connectivity index (χ0n) is 12.6. The molecule has 1 fully saturated rings. The van der Waals surface area contributed by atoms with E-state index in [1.54, 1.807) is 24.0 Å². The van der Waals surface area contributed by atoms with Crippen LogP contribution >= 0.6 is 0 Å². The van der Waals surface area contributed by atoms with Crippen LogP contribution in [0.5, 0.6) is 0 Å². The van der Waals surface area contributed by atoms with Gasteiger partial charge < -0.3 is 10.2 Å². The van der Waals surface area contributed by atoms with E-state index in [-0.39, 0.29) is 30.1 Å². The molecular formula is C17H19FN2O2. The number of rotatable bonds is 3. The minimum atomic E-state index is -0.311. The summed E-state index contributed by atoms with van der Waals surface area (Å²) in [7, 11) is 0. The van der Waals surface area contributed by atoms with Gasteiger partial charge in [-0.1, -0.05) is 18.1 Å². The maximum atomic E-state index is 12.9. The minimum absolute atomic E-state index is 0.00728. The number of amides is 2. The van der Waals surface area contributed by atoms with Gasteiger partial charge in [-0.3, -0.25) is 9.59 Å². The molecule has 0 saturated carbocycles. The highest BCUT2D eigenvalue weighted by Gasteiger charge is 2.24. The fraction of sp³-hybridized carbons (Fsp3) is 0.412. The standard InChI is InChI=1S/C17H19FN2O2/c1-2-4-16(21)19-15-5-3-10-20(12-15)17(22)11-13-6-8-14(18)9-7-13/h6-9,15H,3,5,10-12H2,1H3,(H,19,21). The molecule has 22 heavy (non-hydrogen) atoms. The molecule has 1 aromatic rings. The summed E-state index contributed by atoms with van der Waals surface area (Å²) < 4.78 is 12.9. The number of halogens is 1. The molecule has 0 spiro atoms. The van der Waals surface area contributed by atoms with E-state index in [4.69, 9.17) is 0 Å². The topological polar surface area (TPSA) is 49.4 Å². The van der Waals surface area contributed by atoms with Crippen LogP contribution in [0.1, 0.15) is 25.3 Å². The van der Waals surface area contributed by atoms with Gasteiger partial charge in [-0.25, -0.2) is 4.39 Å². The van der Waals surface area contributed by atoms with Gasteiger partial charge in [0, 0.05) is 19.1 Å². The second-order valence-electron chi connectivity index (χ2n) is 5.33. The number of carbonyl (C=O) groups is 2. The number of hydrogen-bond donors (Lipinski definition) is 1. The molecule has 1 aliphatic rings. The quantitative estimate of drug-likeness (QED) is 0.860. The molecule has 4 nitrogen and oxygen atoms in total. The van der Waals surface area contributed by atoms with Crippen LogP contribution in [0, 0.1) is 17.7 Å². The smallest absolute Gasteiger partial charge is 0.296 e. The number of nitrogens with one attached hydrogen (secondary N) is 1. The molecule has 1 N–H and O–H groups in total. The van der Waals surface area contributed by atoms with Crippen molar-refractivity contribution in [3.8, 4) is 11.8 Å². The lowest BCUT2D eigenvalue weighted by atomic mass is 10.0. The third-order valence-electron chi connectivity index (χ3n) is 3.62. The zero-order valence-corrected chi connectivity index (χ0v) is 12.6. The summed E-state index contributed by atoms with van der Waals surface area (Å²) in [5.41, 5.74) is 0.786. The zero-order chi connectivity index (χ0) is 15.9. The lowest BCUT2D eigenvalue weighted by molar-refractivity contribution is -0.132. The first-order valence-corrected chi connectivity index (χ1v) is 7.34. The molecule has 2 amide bonds. The Balaban J connectivity index is 1.90. The highest BCUT2D eigenvalue weighted by Crippen LogP contribution is 2.13. The third-order valence-corrected chi connectivity index (χ3v) is 3.62. The second kappa shape index (κ2) is 7.60. The highest BCUT2D eigenvalue weighted by atomic mass is 19.1. The van der Waals surface area contributed by atoms with Gasteiger partial charge in [0.05, 0.1) is 6.42 Å². The van der Waals surface area contributed by atoms with Crippen molar-refractivity contribution in [2.75, 3.05) is 13.1 Å². The van der Waals surface area contributed by atoms with Gasteiger partial charge in [-0.05, 0) is 43.4 Å². The molecule has 1 aliphatic heterocycles. The van der Waals surface area contributed by atoms with Gasteiger partial charge in [0.25, 0.3) is 5.91 Å². The molecule has 0 aliphatic carbocycles. The summed E-state index contributed by atoms with van der Waals surface area (Å²) in [4.78, 5) is 25.5. The van der Waals surface area contributed by atoms with Crippen molar-refractivity contribution in [3.05, 3.63) is 35.6 Å². The average Bonchev–Trinajstić information content (AvgIpc) is 2.50. The maximum absolute atomic E-state index is 12.9. The van der Waals surface area contributed by atoms with Crippen LogP contribution in [0.3, 0.4) is 0 Å². The monoisotopic (exact) mass is 302 g/mol. The molecular weight excluding hydrogens is 283 g/mol. The van der Waals surface area contributed by atoms with Gasteiger partial charge in [-0.15, -0.1) is 0 Å². The largest absolute Gasteiger partial charge is 0.341 e. The van der Waals surface area contributed by atoms with E-state index in [1.807, 2.05) is 0 Å². The van der Waals surface area contributed by atoms with Crippen LogP contribution < -0.4 is 5.32 Å². The number of nitrogens with zero attached hydrogens (tertiary/aromatic N) is 1. The Morgan fingerprint density at radius 3 is 2.77 bits per heavy atom. The summed E-state index contributed by atoms with van der Waals surface area (Å²) in [5, 5.41) is 2.82. The molecule has 2 rings (SSSR count). The predicted octanol–water partition coefficient (Wildman–Crippen LogP) is 1.50. The first-order valence-electron chi connectivity index (χ1n) is 7.34. The predicted molar refractivity (Wildman–Crippen MR) is 81.3 cm³/mol. The van der Waals surface area contributed by atoms with Crippen LogP contribution in [-0.2, 0) is 16.0 Å². The molecule has 0 aromatic heterocycles. The Bertz CT molecular complexity index is 601. The summed E-state index contributed by atoms with van der Waals surface area (Å²) in [5.74, 6) is 4.37. The fourth-order valence-corrected chi connectivity index (χ4v) is 2.55. The molecule has 1 unspecified atom stereocenters. The fourth-order valence-electron chi connectivity index (χ4n) is 2.55. The Morgan fingerprint density at radius 1 is 1.36 bits per heavy atom. The van der Waals surface area contributed by atoms with Crippen LogP contribution in [0.4, 0.5) is 4.39 Å². The maximum Gasteiger partial charge on any atom is 0.296 e. The summed E-state index contributed by atoms with van der Waals surface area (Å²) in [6, 6.07) is 5.89. The van der Waals surface area contributed by atoms with Crippen molar-refractivity contribution in [2.45, 2.75) is 32.2 Å². The molecule has 1 saturated heterocycles. The number of piperidine rings is 1. The van der Waals surface area contributed by atoms with Gasteiger partial charge in [0.2, 0.25) is 5.91 Å². The number of benzene rings is 1. The first kappa shape index (κ1) is 16.0. The average molecular weight is 302 g/mol. The van der Waals surface area contributed by atoms with E-state index >= 15 is 0 Å². The molecule has 1 aromatic carbocycles. The van der Waals surface area contributed by atoms with Crippen molar-refractivity contribution in [3.63, 3.8) is 0 Å². The van der Waals surface area contributed by atoms with Gasteiger partial charge in [0.1, 0.15) is 5.82 Å². The SMILES string of the molecule is CC#CC(=O)NC1CCCN(C(=O)Cc2ccc(F)cc2)C1. The molecule has 0 radical (unpaired) electrons. The van der Waals surface area contributed by atoms with Crippen molar-refractivity contribution in [1.29, 1.82) is 0 Å². The second-order valence-corrected chi connectivity index (χ2v) is 5.33. The van der Waals surface area contributed by atoms with E-state index in [1.165, 1.54) is 12.1 Å². The summed E-state index contributed by atoms with van der Waals surface area (Å²) in [6.07, 6.45) is 1.94. The Labute approximate surface area is 129 Å². The van der Waals surface area contributed by atoms with Gasteiger partial charge in [0.15, 0.2) is 0 Å². The number of carbonyl (C=O) groups excluding carboxylic acids is 2. The minimum Gasteiger partial charge on any atom is -0.341 e. The van der Waals surface area contributed by atoms with E-state index in [0.717, 1.165) is 18.4 Å². The van der Waals surface area contributed by atoms with E-state index in [2.05, 4.69) is 17.2 Å². The molecule has 5 heteroatoms. The van der Waals surface area contributed by atoms with Crippen molar-refractivity contribution in [2.24, 2.45) is 0 Å². The van der Waals surface area contributed by atoms with Crippen LogP contribution in [0.15, 0.2) is 24.3 Å². The number of hydrogen-bond acceptors (Lipinski definition) is 2. The molecule has 116 valence electrons. The third kappa shape index (κ3) is 4.59. The first-order chi connectivity index (χ1) is 10.6. The van der Waals surface area contributed by atoms with Crippen LogP contribution in [0.25, 0.3) is 0 Å². The Kier molecular flexibility index (Phi) is 5.54. The Morgan fingerprint density at radius 2 is 2.09 bits per heavy atom. The van der Waals surface area contributed by atoms with E-state index < -0.39 is 0 Å². The number of likely N-dealkylation sites (tertiary alicyclic amines) is 1. The van der Waals surface area contributed by atoms with Crippen LogP contribution in [0.2, 0.25) is 0 Å². The molecule has 1 atom stereocenters. The van der Waals surface area contributed by atoms with Crippen LogP contribution in [-0.4, -0.2) is 35.8 Å². The Hall–Kier alpha value is -2.35. The molecule has 0 bridgehead atoms.